The number of aryl methyl sites for hydroxylation is 1. The van der Waals surface area contributed by atoms with E-state index in [1.807, 2.05) is 44.2 Å². The van der Waals surface area contributed by atoms with Gasteiger partial charge in [-0.2, -0.15) is 0 Å². The van der Waals surface area contributed by atoms with Gasteiger partial charge in [-0.1, -0.05) is 17.7 Å². The molecule has 0 spiro atoms. The van der Waals surface area contributed by atoms with Crippen molar-refractivity contribution in [3.8, 4) is 0 Å². The molecule has 82 valence electrons. The van der Waals surface area contributed by atoms with E-state index in [1.165, 1.54) is 5.56 Å². The summed E-state index contributed by atoms with van der Waals surface area (Å²) in [5.74, 6) is 0.0337. The van der Waals surface area contributed by atoms with Gasteiger partial charge in [-0.25, -0.2) is 0 Å². The maximum absolute atomic E-state index is 12.0. The molecule has 3 heteroatoms. The molecule has 0 aromatic heterocycles. The molecule has 3 rings (SSSR count). The first-order valence-corrected chi connectivity index (χ1v) is 5.38. The maximum Gasteiger partial charge on any atom is 0.274 e. The average Bonchev–Trinajstić information content (AvgIpc) is 2.61. The Morgan fingerprint density at radius 2 is 2.00 bits per heavy atom. The third-order valence-electron chi connectivity index (χ3n) is 3.37. The number of β-lactam (4-membered cyclic amide) rings is 1. The quantitative estimate of drug-likeness (QED) is 0.671. The van der Waals surface area contributed by atoms with Crippen molar-refractivity contribution in [2.45, 2.75) is 25.5 Å². The van der Waals surface area contributed by atoms with Crippen molar-refractivity contribution in [2.75, 3.05) is 4.90 Å². The monoisotopic (exact) mass is 215 g/mol. The van der Waals surface area contributed by atoms with Gasteiger partial charge in [-0.05, 0) is 32.1 Å². The van der Waals surface area contributed by atoms with Gasteiger partial charge < -0.3 is 4.74 Å². The van der Waals surface area contributed by atoms with Crippen molar-refractivity contribution in [1.29, 1.82) is 0 Å². The smallest absolute Gasteiger partial charge is 0.274 e. The summed E-state index contributed by atoms with van der Waals surface area (Å²) in [4.78, 5) is 13.8. The van der Waals surface area contributed by atoms with Gasteiger partial charge in [0.2, 0.25) is 5.60 Å². The van der Waals surface area contributed by atoms with Crippen LogP contribution >= 0.6 is 0 Å². The number of amides is 1. The first-order valence-electron chi connectivity index (χ1n) is 5.38. The van der Waals surface area contributed by atoms with Crippen molar-refractivity contribution in [1.82, 2.24) is 0 Å². The van der Waals surface area contributed by atoms with Crippen molar-refractivity contribution in [2.24, 2.45) is 0 Å². The molecule has 2 heterocycles. The van der Waals surface area contributed by atoms with Crippen molar-refractivity contribution < 1.29 is 9.53 Å². The van der Waals surface area contributed by atoms with E-state index in [4.69, 9.17) is 4.74 Å². The molecule has 1 saturated heterocycles. The highest BCUT2D eigenvalue weighted by Gasteiger charge is 2.61. The average molecular weight is 215 g/mol. The molecule has 3 nitrogen and oxygen atoms in total. The van der Waals surface area contributed by atoms with Crippen molar-refractivity contribution in [3.63, 3.8) is 0 Å². The summed E-state index contributed by atoms with van der Waals surface area (Å²) < 4.78 is 5.36. The Hall–Kier alpha value is -1.77. The SMILES string of the molecule is Cc1ccc(N2C(=O)[C@@]3(C)OC=C[C@@H]23)cc1. The Morgan fingerprint density at radius 1 is 1.31 bits per heavy atom. The predicted octanol–water partition coefficient (Wildman–Crippen LogP) is 2.01. The van der Waals surface area contributed by atoms with Crippen LogP contribution in [0.25, 0.3) is 0 Å². The molecule has 0 unspecified atom stereocenters. The summed E-state index contributed by atoms with van der Waals surface area (Å²) in [5, 5.41) is 0. The fraction of sp³-hybridized carbons (Fsp3) is 0.308. The number of carbonyl (C=O) groups is 1. The summed E-state index contributed by atoms with van der Waals surface area (Å²) in [6.07, 6.45) is 3.55. The zero-order valence-electron chi connectivity index (χ0n) is 9.31. The van der Waals surface area contributed by atoms with Crippen LogP contribution in [0.2, 0.25) is 0 Å². The van der Waals surface area contributed by atoms with Crippen LogP contribution < -0.4 is 4.90 Å². The molecule has 2 aliphatic heterocycles. The molecule has 1 fully saturated rings. The summed E-state index contributed by atoms with van der Waals surface area (Å²) in [6, 6.07) is 8.01. The third kappa shape index (κ3) is 1.00. The summed E-state index contributed by atoms with van der Waals surface area (Å²) in [7, 11) is 0. The van der Waals surface area contributed by atoms with Crippen molar-refractivity contribution >= 4 is 11.6 Å². The van der Waals surface area contributed by atoms with Gasteiger partial charge in [0.15, 0.2) is 0 Å². The first-order chi connectivity index (χ1) is 7.63. The lowest BCUT2D eigenvalue weighted by Gasteiger charge is -2.48. The Balaban J connectivity index is 1.95. The van der Waals surface area contributed by atoms with Crippen LogP contribution in [0, 0.1) is 6.92 Å². The third-order valence-corrected chi connectivity index (χ3v) is 3.37. The highest BCUT2D eigenvalue weighted by Crippen LogP contribution is 2.42. The van der Waals surface area contributed by atoms with E-state index in [1.54, 1.807) is 11.2 Å². The lowest BCUT2D eigenvalue weighted by Crippen LogP contribution is -2.71. The second-order valence-electron chi connectivity index (χ2n) is 4.51. The number of hydrogen-bond donors (Lipinski definition) is 0. The summed E-state index contributed by atoms with van der Waals surface area (Å²) in [5.41, 5.74) is 1.47. The van der Waals surface area contributed by atoms with Crippen molar-refractivity contribution in [3.05, 3.63) is 42.2 Å². The molecule has 0 aliphatic carbocycles. The summed E-state index contributed by atoms with van der Waals surface area (Å²) >= 11 is 0. The van der Waals surface area contributed by atoms with Gasteiger partial charge in [0, 0.05) is 5.69 Å². The molecule has 0 N–H and O–H groups in total. The zero-order valence-corrected chi connectivity index (χ0v) is 9.31. The topological polar surface area (TPSA) is 29.5 Å². The van der Waals surface area contributed by atoms with Crippen LogP contribution in [0.4, 0.5) is 5.69 Å². The van der Waals surface area contributed by atoms with Gasteiger partial charge in [0.05, 0.1) is 6.26 Å². The molecule has 16 heavy (non-hydrogen) atoms. The van der Waals surface area contributed by atoms with Crippen LogP contribution in [0.15, 0.2) is 36.6 Å². The first kappa shape index (κ1) is 9.46. The molecule has 2 aliphatic rings. The van der Waals surface area contributed by atoms with Crippen LogP contribution in [0.3, 0.4) is 0 Å². The molecule has 0 bridgehead atoms. The number of rotatable bonds is 1. The highest BCUT2D eigenvalue weighted by molar-refractivity contribution is 6.09. The Labute approximate surface area is 94.3 Å². The maximum atomic E-state index is 12.0. The fourth-order valence-corrected chi connectivity index (χ4v) is 2.30. The van der Waals surface area contributed by atoms with E-state index >= 15 is 0 Å². The van der Waals surface area contributed by atoms with Gasteiger partial charge in [0.1, 0.15) is 6.04 Å². The molecule has 1 amide bonds. The molecule has 0 radical (unpaired) electrons. The van der Waals surface area contributed by atoms with Crippen LogP contribution in [0.5, 0.6) is 0 Å². The predicted molar refractivity (Wildman–Crippen MR) is 61.1 cm³/mol. The van der Waals surface area contributed by atoms with Gasteiger partial charge in [0.25, 0.3) is 5.91 Å². The number of anilines is 1. The standard InChI is InChI=1S/C13H13NO2/c1-9-3-5-10(6-4-9)14-11-7-8-16-13(11,2)12(14)15/h3-8,11H,1-2H3/t11-,13+/m1/s1. The number of ether oxygens (including phenoxy) is 1. The van der Waals surface area contributed by atoms with E-state index < -0.39 is 5.60 Å². The number of nitrogens with zero attached hydrogens (tertiary/aromatic N) is 1. The zero-order chi connectivity index (χ0) is 11.3. The minimum atomic E-state index is -0.662. The molecular formula is C13H13NO2. The molecule has 2 atom stereocenters. The van der Waals surface area contributed by atoms with E-state index in [2.05, 4.69) is 0 Å². The lowest BCUT2D eigenvalue weighted by molar-refractivity contribution is -0.145. The second-order valence-corrected chi connectivity index (χ2v) is 4.51. The Kier molecular flexibility index (Phi) is 1.70. The molecule has 1 aromatic carbocycles. The van der Waals surface area contributed by atoms with Crippen LogP contribution in [-0.4, -0.2) is 17.6 Å². The molecule has 1 aromatic rings. The second kappa shape index (κ2) is 2.88. The van der Waals surface area contributed by atoms with E-state index in [-0.39, 0.29) is 11.9 Å². The molecule has 0 saturated carbocycles. The van der Waals surface area contributed by atoms with E-state index in [0.29, 0.717) is 0 Å². The number of carbonyl (C=O) groups excluding carboxylic acids is 1. The Bertz CT molecular complexity index is 477. The number of benzene rings is 1. The fourth-order valence-electron chi connectivity index (χ4n) is 2.30. The lowest BCUT2D eigenvalue weighted by atomic mass is 9.84. The van der Waals surface area contributed by atoms with Crippen LogP contribution in [-0.2, 0) is 9.53 Å². The van der Waals surface area contributed by atoms with Gasteiger partial charge in [-0.3, -0.25) is 9.69 Å². The van der Waals surface area contributed by atoms with Gasteiger partial charge >= 0.3 is 0 Å². The minimum Gasteiger partial charge on any atom is -0.483 e. The minimum absolute atomic E-state index is 0.0337. The molecular weight excluding hydrogens is 202 g/mol. The largest absolute Gasteiger partial charge is 0.483 e. The summed E-state index contributed by atoms with van der Waals surface area (Å²) in [6.45, 7) is 3.87. The highest BCUT2D eigenvalue weighted by atomic mass is 16.5. The Morgan fingerprint density at radius 3 is 2.69 bits per heavy atom. The van der Waals surface area contributed by atoms with Gasteiger partial charge in [-0.15, -0.1) is 0 Å². The number of hydrogen-bond acceptors (Lipinski definition) is 2. The van der Waals surface area contributed by atoms with E-state index in [0.717, 1.165) is 5.69 Å². The number of fused-ring (bicyclic) bond motifs is 1. The van der Waals surface area contributed by atoms with Crippen LogP contribution in [0.1, 0.15) is 12.5 Å². The van der Waals surface area contributed by atoms with E-state index in [9.17, 15) is 4.79 Å². The normalized spacial score (nSPS) is 31.0.